The number of nitrogens with zero attached hydrogens (tertiary/aromatic N) is 2. The molecule has 4 rings (SSSR count). The van der Waals surface area contributed by atoms with Crippen molar-refractivity contribution >= 4 is 33.5 Å². The predicted molar refractivity (Wildman–Crippen MR) is 115 cm³/mol. The van der Waals surface area contributed by atoms with Crippen molar-refractivity contribution in [2.45, 2.75) is 19.4 Å². The van der Waals surface area contributed by atoms with E-state index in [9.17, 15) is 4.79 Å². The molecule has 148 valence electrons. The van der Waals surface area contributed by atoms with Crippen molar-refractivity contribution in [3.63, 3.8) is 0 Å². The number of aryl methyl sites for hydroxylation is 1. The molecular weight excluding hydrogens is 386 g/mol. The second-order valence-corrected chi connectivity index (χ2v) is 7.85. The number of fused-ring (bicyclic) bond motifs is 1. The van der Waals surface area contributed by atoms with Crippen LogP contribution < -0.4 is 15.4 Å². The molecule has 0 aliphatic carbocycles. The molecule has 0 saturated carbocycles. The van der Waals surface area contributed by atoms with Gasteiger partial charge in [-0.15, -0.1) is 11.3 Å². The molecule has 8 heteroatoms. The molecule has 2 aromatic heterocycles. The fraction of sp³-hybridized carbons (Fsp3) is 0.190. The van der Waals surface area contributed by atoms with Gasteiger partial charge in [-0.2, -0.15) is 0 Å². The number of amides is 2. The van der Waals surface area contributed by atoms with Gasteiger partial charge in [-0.05, 0) is 43.2 Å². The third kappa shape index (κ3) is 4.55. The van der Waals surface area contributed by atoms with Crippen LogP contribution in [-0.2, 0) is 6.42 Å². The average molecular weight is 407 g/mol. The number of para-hydroxylation sites is 2. The lowest BCUT2D eigenvalue weighted by molar-refractivity contribution is 0.248. The number of ether oxygens (including phenoxy) is 1. The van der Waals surface area contributed by atoms with Crippen LogP contribution >= 0.6 is 11.3 Å². The molecule has 0 fully saturated rings. The zero-order chi connectivity index (χ0) is 20.2. The Bertz CT molecular complexity index is 1090. The lowest BCUT2D eigenvalue weighted by atomic mass is 10.1. The van der Waals surface area contributed by atoms with Crippen LogP contribution in [0.4, 0.5) is 9.93 Å². The number of carbonyl (C=O) groups is 1. The summed E-state index contributed by atoms with van der Waals surface area (Å²) in [5.74, 6) is 1.49. The number of benzene rings is 2. The highest BCUT2D eigenvalue weighted by molar-refractivity contribution is 7.15. The molecule has 0 aliphatic rings. The molecule has 2 aromatic carbocycles. The molecule has 0 saturated heterocycles. The topological polar surface area (TPSA) is 91.9 Å². The van der Waals surface area contributed by atoms with Crippen molar-refractivity contribution in [2.75, 3.05) is 12.4 Å². The van der Waals surface area contributed by atoms with Crippen molar-refractivity contribution < 1.29 is 9.53 Å². The van der Waals surface area contributed by atoms with Gasteiger partial charge in [0, 0.05) is 11.1 Å². The first kappa shape index (κ1) is 18.9. The Morgan fingerprint density at radius 1 is 1.21 bits per heavy atom. The number of hydrogen-bond donors (Lipinski definition) is 3. The van der Waals surface area contributed by atoms with Gasteiger partial charge in [-0.3, -0.25) is 5.32 Å². The quantitative estimate of drug-likeness (QED) is 0.441. The van der Waals surface area contributed by atoms with Crippen LogP contribution in [-0.4, -0.2) is 28.1 Å². The van der Waals surface area contributed by atoms with Crippen molar-refractivity contribution in [3.8, 4) is 5.75 Å². The summed E-state index contributed by atoms with van der Waals surface area (Å²) in [6.45, 7) is 1.95. The number of aromatic nitrogens is 3. The molecule has 1 atom stereocenters. The first-order chi connectivity index (χ1) is 14.1. The second-order valence-electron chi connectivity index (χ2n) is 6.62. The molecule has 2 amide bonds. The van der Waals surface area contributed by atoms with Crippen LogP contribution in [0.2, 0.25) is 0 Å². The monoisotopic (exact) mass is 407 g/mol. The minimum absolute atomic E-state index is 0.321. The van der Waals surface area contributed by atoms with E-state index in [4.69, 9.17) is 4.74 Å². The van der Waals surface area contributed by atoms with Crippen LogP contribution in [0.25, 0.3) is 11.0 Å². The Kier molecular flexibility index (Phi) is 5.44. The van der Waals surface area contributed by atoms with Crippen LogP contribution in [0.1, 0.15) is 22.3 Å². The predicted octanol–water partition coefficient (Wildman–Crippen LogP) is 4.44. The van der Waals surface area contributed by atoms with Gasteiger partial charge in [0.1, 0.15) is 11.6 Å². The molecule has 4 aromatic rings. The van der Waals surface area contributed by atoms with Gasteiger partial charge in [0.25, 0.3) is 0 Å². The largest absolute Gasteiger partial charge is 0.497 e. The minimum atomic E-state index is -0.336. The number of aromatic amines is 1. The average Bonchev–Trinajstić information content (AvgIpc) is 3.34. The molecule has 0 bridgehead atoms. The zero-order valence-electron chi connectivity index (χ0n) is 16.1. The number of hydrogen-bond acceptors (Lipinski definition) is 5. The van der Waals surface area contributed by atoms with Crippen LogP contribution in [0.3, 0.4) is 0 Å². The lowest BCUT2D eigenvalue weighted by Crippen LogP contribution is -2.34. The van der Waals surface area contributed by atoms with E-state index in [1.165, 1.54) is 11.3 Å². The fourth-order valence-electron chi connectivity index (χ4n) is 3.05. The number of H-pyrrole nitrogens is 1. The lowest BCUT2D eigenvalue weighted by Gasteiger charge is -2.17. The summed E-state index contributed by atoms with van der Waals surface area (Å²) in [5, 5.41) is 6.38. The Balaban J connectivity index is 1.57. The molecule has 2 heterocycles. The van der Waals surface area contributed by atoms with Gasteiger partial charge in [0.2, 0.25) is 0 Å². The standard InChI is InChI=1S/C21H21N5O2S/c1-13-12-22-21(29-13)26-20(27)25-18(11-14-7-9-15(28-2)10-8-14)19-23-16-5-3-4-6-17(16)24-19/h3-10,12,18H,11H2,1-2H3,(H,23,24)(H2,22,25,26,27). The maximum atomic E-state index is 12.6. The zero-order valence-corrected chi connectivity index (χ0v) is 16.9. The number of urea groups is 1. The summed E-state index contributed by atoms with van der Waals surface area (Å²) in [5.41, 5.74) is 2.85. The highest BCUT2D eigenvalue weighted by Gasteiger charge is 2.20. The van der Waals surface area contributed by atoms with Crippen LogP contribution in [0, 0.1) is 6.92 Å². The first-order valence-corrected chi connectivity index (χ1v) is 10.00. The summed E-state index contributed by atoms with van der Waals surface area (Å²) >= 11 is 1.43. The normalized spacial score (nSPS) is 11.9. The van der Waals surface area contributed by atoms with E-state index in [1.807, 2.05) is 55.5 Å². The summed E-state index contributed by atoms with van der Waals surface area (Å²) in [6, 6.07) is 14.9. The third-order valence-electron chi connectivity index (χ3n) is 4.48. The molecule has 29 heavy (non-hydrogen) atoms. The summed E-state index contributed by atoms with van der Waals surface area (Å²) in [6.07, 6.45) is 2.31. The Hall–Kier alpha value is -3.39. The number of rotatable bonds is 6. The molecular formula is C21H21N5O2S. The summed E-state index contributed by atoms with van der Waals surface area (Å²) in [4.78, 5) is 25.8. The van der Waals surface area contributed by atoms with E-state index < -0.39 is 0 Å². The molecule has 7 nitrogen and oxygen atoms in total. The number of nitrogens with one attached hydrogen (secondary N) is 3. The van der Waals surface area contributed by atoms with Crippen molar-refractivity contribution in [1.29, 1.82) is 0 Å². The van der Waals surface area contributed by atoms with E-state index in [1.54, 1.807) is 13.3 Å². The smallest absolute Gasteiger partial charge is 0.321 e. The van der Waals surface area contributed by atoms with E-state index >= 15 is 0 Å². The molecule has 0 aliphatic heterocycles. The van der Waals surface area contributed by atoms with Gasteiger partial charge in [-0.1, -0.05) is 24.3 Å². The molecule has 3 N–H and O–H groups in total. The van der Waals surface area contributed by atoms with E-state index in [-0.39, 0.29) is 12.1 Å². The Morgan fingerprint density at radius 2 is 2.00 bits per heavy atom. The minimum Gasteiger partial charge on any atom is -0.497 e. The molecule has 0 spiro atoms. The number of imidazole rings is 1. The summed E-state index contributed by atoms with van der Waals surface area (Å²) < 4.78 is 5.23. The van der Waals surface area contributed by atoms with Gasteiger partial charge in [0.15, 0.2) is 5.13 Å². The van der Waals surface area contributed by atoms with Crippen LogP contribution in [0.5, 0.6) is 5.75 Å². The van der Waals surface area contributed by atoms with Crippen LogP contribution in [0.15, 0.2) is 54.7 Å². The summed E-state index contributed by atoms with van der Waals surface area (Å²) in [7, 11) is 1.64. The number of anilines is 1. The molecule has 0 radical (unpaired) electrons. The third-order valence-corrected chi connectivity index (χ3v) is 5.31. The van der Waals surface area contributed by atoms with Gasteiger partial charge >= 0.3 is 6.03 Å². The SMILES string of the molecule is COc1ccc(CC(NC(=O)Nc2ncc(C)s2)c2nc3ccccc3[nH]2)cc1. The Morgan fingerprint density at radius 3 is 2.69 bits per heavy atom. The molecule has 1 unspecified atom stereocenters. The van der Waals surface area contributed by atoms with E-state index in [0.29, 0.717) is 17.4 Å². The van der Waals surface area contributed by atoms with Gasteiger partial charge in [0.05, 0.1) is 24.2 Å². The second kappa shape index (κ2) is 8.32. The number of thiazole rings is 1. The van der Waals surface area contributed by atoms with Gasteiger partial charge < -0.3 is 15.0 Å². The highest BCUT2D eigenvalue weighted by atomic mass is 32.1. The van der Waals surface area contributed by atoms with Crippen molar-refractivity contribution in [3.05, 3.63) is 71.0 Å². The number of carbonyl (C=O) groups excluding carboxylic acids is 1. The maximum Gasteiger partial charge on any atom is 0.321 e. The highest BCUT2D eigenvalue weighted by Crippen LogP contribution is 2.22. The number of methoxy groups -OCH3 is 1. The van der Waals surface area contributed by atoms with E-state index in [2.05, 4.69) is 25.6 Å². The van der Waals surface area contributed by atoms with Crippen molar-refractivity contribution in [2.24, 2.45) is 0 Å². The fourth-order valence-corrected chi connectivity index (χ4v) is 3.71. The first-order valence-electron chi connectivity index (χ1n) is 9.18. The maximum absolute atomic E-state index is 12.6. The van der Waals surface area contributed by atoms with E-state index in [0.717, 1.165) is 27.2 Å². The van der Waals surface area contributed by atoms with Gasteiger partial charge in [-0.25, -0.2) is 14.8 Å². The van der Waals surface area contributed by atoms with Crippen molar-refractivity contribution in [1.82, 2.24) is 20.3 Å². The Labute approximate surface area is 172 Å².